The molecule has 19 heavy (non-hydrogen) atoms. The quantitative estimate of drug-likeness (QED) is 0.898. The van der Waals surface area contributed by atoms with Crippen LogP contribution >= 0.6 is 27.5 Å². The van der Waals surface area contributed by atoms with Gasteiger partial charge in [-0.05, 0) is 45.8 Å². The van der Waals surface area contributed by atoms with Crippen LogP contribution in [0.5, 0.6) is 5.75 Å². The third kappa shape index (κ3) is 3.47. The molecule has 2 rings (SSSR count). The highest BCUT2D eigenvalue weighted by Gasteiger charge is 2.07. The topological polar surface area (TPSA) is 35.2 Å². The van der Waals surface area contributed by atoms with Gasteiger partial charge in [0.25, 0.3) is 0 Å². The monoisotopic (exact) mass is 343 g/mol. The lowest BCUT2D eigenvalue weighted by atomic mass is 10.2. The molecule has 0 heterocycles. The van der Waals surface area contributed by atoms with E-state index in [0.29, 0.717) is 28.4 Å². The third-order valence-electron chi connectivity index (χ3n) is 2.66. The van der Waals surface area contributed by atoms with Gasteiger partial charge in [-0.15, -0.1) is 0 Å². The maximum Gasteiger partial charge on any atom is 0.137 e. The second-order valence-corrected chi connectivity index (χ2v) is 5.22. The zero-order valence-corrected chi connectivity index (χ0v) is 12.3. The molecule has 100 valence electrons. The summed E-state index contributed by atoms with van der Waals surface area (Å²) in [5.41, 5.74) is 7.27. The Balaban J connectivity index is 2.14. The smallest absolute Gasteiger partial charge is 0.137 e. The van der Waals surface area contributed by atoms with Gasteiger partial charge in [0.1, 0.15) is 18.2 Å². The summed E-state index contributed by atoms with van der Waals surface area (Å²) in [6.07, 6.45) is 0. The Bertz CT molecular complexity index is 592. The number of hydrogen-bond acceptors (Lipinski definition) is 2. The third-order valence-corrected chi connectivity index (χ3v) is 3.62. The highest BCUT2D eigenvalue weighted by Crippen LogP contribution is 2.27. The molecular weight excluding hydrogens is 333 g/mol. The molecule has 0 bridgehead atoms. The van der Waals surface area contributed by atoms with Gasteiger partial charge in [-0.3, -0.25) is 0 Å². The maximum absolute atomic E-state index is 13.1. The van der Waals surface area contributed by atoms with Crippen molar-refractivity contribution >= 4 is 27.5 Å². The number of halogens is 3. The number of hydrogen-bond donors (Lipinski definition) is 1. The molecule has 2 N–H and O–H groups in total. The molecule has 0 spiro atoms. The Morgan fingerprint density at radius 2 is 2.05 bits per heavy atom. The fraction of sp³-hybridized carbons (Fsp3) is 0.143. The van der Waals surface area contributed by atoms with Crippen LogP contribution in [0.4, 0.5) is 4.39 Å². The molecule has 0 saturated carbocycles. The standard InChI is InChI=1S/C14H12BrClFNO/c15-11-6-9(4-5-13(11)17)8-19-14-3-1-2-12(16)10(14)7-18/h1-6H,7-8,18H2. The van der Waals surface area contributed by atoms with E-state index in [1.54, 1.807) is 24.3 Å². The first-order valence-corrected chi connectivity index (χ1v) is 6.83. The normalized spacial score (nSPS) is 10.5. The van der Waals surface area contributed by atoms with Crippen LogP contribution < -0.4 is 10.5 Å². The summed E-state index contributed by atoms with van der Waals surface area (Å²) in [4.78, 5) is 0. The van der Waals surface area contributed by atoms with Crippen molar-refractivity contribution in [3.05, 3.63) is 62.8 Å². The molecule has 2 aromatic rings. The highest BCUT2D eigenvalue weighted by atomic mass is 79.9. The van der Waals surface area contributed by atoms with Crippen molar-refractivity contribution in [2.45, 2.75) is 13.2 Å². The lowest BCUT2D eigenvalue weighted by Gasteiger charge is -2.12. The SMILES string of the molecule is NCc1c(Cl)cccc1OCc1ccc(F)c(Br)c1. The Kier molecular flexibility index (Phi) is 4.80. The molecule has 0 amide bonds. The summed E-state index contributed by atoms with van der Waals surface area (Å²) in [6, 6.07) is 10.1. The minimum atomic E-state index is -0.297. The van der Waals surface area contributed by atoms with Crippen LogP contribution in [-0.2, 0) is 13.2 Å². The van der Waals surface area contributed by atoms with Gasteiger partial charge in [0.15, 0.2) is 0 Å². The van der Waals surface area contributed by atoms with Crippen molar-refractivity contribution in [1.29, 1.82) is 0 Å². The van der Waals surface area contributed by atoms with Crippen LogP contribution in [0.15, 0.2) is 40.9 Å². The fourth-order valence-corrected chi connectivity index (χ4v) is 2.33. The second kappa shape index (κ2) is 6.37. The highest BCUT2D eigenvalue weighted by molar-refractivity contribution is 9.10. The van der Waals surface area contributed by atoms with Gasteiger partial charge >= 0.3 is 0 Å². The molecule has 0 aliphatic carbocycles. The minimum absolute atomic E-state index is 0.297. The summed E-state index contributed by atoms with van der Waals surface area (Å²) in [5.74, 6) is 0.351. The lowest BCUT2D eigenvalue weighted by Crippen LogP contribution is -2.03. The van der Waals surface area contributed by atoms with Crippen molar-refractivity contribution in [1.82, 2.24) is 0 Å². The Hall–Kier alpha value is -1.10. The van der Waals surface area contributed by atoms with E-state index in [0.717, 1.165) is 11.1 Å². The molecule has 2 aromatic carbocycles. The summed E-state index contributed by atoms with van der Waals surface area (Å²) in [7, 11) is 0. The van der Waals surface area contributed by atoms with Gasteiger partial charge < -0.3 is 10.5 Å². The van der Waals surface area contributed by atoms with E-state index >= 15 is 0 Å². The predicted molar refractivity (Wildman–Crippen MR) is 77.8 cm³/mol. The molecule has 0 aliphatic rings. The van der Waals surface area contributed by atoms with E-state index < -0.39 is 0 Å². The van der Waals surface area contributed by atoms with Crippen LogP contribution in [0.1, 0.15) is 11.1 Å². The Labute approximate surface area is 124 Å². The zero-order chi connectivity index (χ0) is 13.8. The number of benzene rings is 2. The first kappa shape index (κ1) is 14.3. The second-order valence-electron chi connectivity index (χ2n) is 3.96. The zero-order valence-electron chi connectivity index (χ0n) is 10.00. The fourth-order valence-electron chi connectivity index (χ4n) is 1.66. The average molecular weight is 345 g/mol. The summed E-state index contributed by atoms with van der Waals surface area (Å²) < 4.78 is 19.2. The average Bonchev–Trinajstić information content (AvgIpc) is 2.40. The summed E-state index contributed by atoms with van der Waals surface area (Å²) in [6.45, 7) is 0.633. The van der Waals surface area contributed by atoms with Gasteiger partial charge in [-0.25, -0.2) is 4.39 Å². The van der Waals surface area contributed by atoms with Gasteiger partial charge in [0.2, 0.25) is 0 Å². The van der Waals surface area contributed by atoms with Crippen LogP contribution in [0, 0.1) is 5.82 Å². The summed E-state index contributed by atoms with van der Waals surface area (Å²) >= 11 is 9.18. The molecular formula is C14H12BrClFNO. The molecule has 0 atom stereocenters. The molecule has 0 unspecified atom stereocenters. The van der Waals surface area contributed by atoms with E-state index in [-0.39, 0.29) is 5.82 Å². The van der Waals surface area contributed by atoms with Crippen LogP contribution in [-0.4, -0.2) is 0 Å². The van der Waals surface area contributed by atoms with Gasteiger partial charge in [-0.1, -0.05) is 23.7 Å². The first-order chi connectivity index (χ1) is 9.11. The van der Waals surface area contributed by atoms with Crippen molar-refractivity contribution in [2.75, 3.05) is 0 Å². The van der Waals surface area contributed by atoms with Crippen molar-refractivity contribution in [3.63, 3.8) is 0 Å². The largest absolute Gasteiger partial charge is 0.489 e. The van der Waals surface area contributed by atoms with E-state index in [2.05, 4.69) is 15.9 Å². The van der Waals surface area contributed by atoms with Gasteiger partial charge in [-0.2, -0.15) is 0 Å². The Morgan fingerprint density at radius 1 is 1.26 bits per heavy atom. The van der Waals surface area contributed by atoms with Crippen LogP contribution in [0.2, 0.25) is 5.02 Å². The molecule has 0 fully saturated rings. The molecule has 2 nitrogen and oxygen atoms in total. The maximum atomic E-state index is 13.1. The van der Waals surface area contributed by atoms with E-state index in [1.165, 1.54) is 6.07 Å². The Morgan fingerprint density at radius 3 is 2.74 bits per heavy atom. The lowest BCUT2D eigenvalue weighted by molar-refractivity contribution is 0.303. The minimum Gasteiger partial charge on any atom is -0.489 e. The van der Waals surface area contributed by atoms with E-state index in [1.807, 2.05) is 6.07 Å². The predicted octanol–water partition coefficient (Wildman–Crippen LogP) is 4.28. The molecule has 0 aromatic heterocycles. The van der Waals surface area contributed by atoms with Gasteiger partial charge in [0.05, 0.1) is 4.47 Å². The molecule has 0 aliphatic heterocycles. The van der Waals surface area contributed by atoms with Gasteiger partial charge in [0, 0.05) is 17.1 Å². The molecule has 5 heteroatoms. The summed E-state index contributed by atoms with van der Waals surface area (Å²) in [5, 5.41) is 0.584. The van der Waals surface area contributed by atoms with Crippen molar-refractivity contribution in [3.8, 4) is 5.75 Å². The van der Waals surface area contributed by atoms with Crippen LogP contribution in [0.25, 0.3) is 0 Å². The first-order valence-electron chi connectivity index (χ1n) is 5.66. The van der Waals surface area contributed by atoms with E-state index in [9.17, 15) is 4.39 Å². The van der Waals surface area contributed by atoms with Crippen molar-refractivity contribution in [2.24, 2.45) is 5.73 Å². The molecule has 0 saturated heterocycles. The van der Waals surface area contributed by atoms with Crippen molar-refractivity contribution < 1.29 is 9.13 Å². The number of ether oxygens (including phenoxy) is 1. The number of rotatable bonds is 4. The number of nitrogens with two attached hydrogens (primary N) is 1. The van der Waals surface area contributed by atoms with Crippen LogP contribution in [0.3, 0.4) is 0 Å². The molecule has 0 radical (unpaired) electrons. The van der Waals surface area contributed by atoms with E-state index in [4.69, 9.17) is 22.1 Å².